The zero-order valence-electron chi connectivity index (χ0n) is 12.0. The van der Waals surface area contributed by atoms with Crippen molar-refractivity contribution in [3.63, 3.8) is 0 Å². The van der Waals surface area contributed by atoms with Gasteiger partial charge in [-0.15, -0.1) is 0 Å². The van der Waals surface area contributed by atoms with Crippen LogP contribution in [0.15, 0.2) is 24.3 Å². The monoisotopic (exact) mass is 246 g/mol. The fraction of sp³-hybridized carbons (Fsp3) is 0.647. The Labute approximate surface area is 112 Å². The summed E-state index contributed by atoms with van der Waals surface area (Å²) in [7, 11) is 0. The van der Waals surface area contributed by atoms with Gasteiger partial charge in [-0.25, -0.2) is 0 Å². The summed E-state index contributed by atoms with van der Waals surface area (Å²) < 4.78 is 5.93. The molecule has 0 aromatic heterocycles. The number of hydrogen-bond acceptors (Lipinski definition) is 1. The zero-order chi connectivity index (χ0) is 13.0. The molecule has 0 fully saturated rings. The second kappa shape index (κ2) is 5.77. The fourth-order valence-corrected chi connectivity index (χ4v) is 3.07. The van der Waals surface area contributed by atoms with Crippen LogP contribution in [0, 0.1) is 5.92 Å². The van der Waals surface area contributed by atoms with Crippen LogP contribution < -0.4 is 4.74 Å². The van der Waals surface area contributed by atoms with Crippen LogP contribution in [0.2, 0.25) is 0 Å². The molecule has 2 rings (SSSR count). The first kappa shape index (κ1) is 13.5. The number of ether oxygens (including phenoxy) is 1. The minimum absolute atomic E-state index is 0.286. The molecular formula is C17H26O. The highest BCUT2D eigenvalue weighted by atomic mass is 16.5. The van der Waals surface area contributed by atoms with E-state index >= 15 is 0 Å². The van der Waals surface area contributed by atoms with Crippen LogP contribution in [0.3, 0.4) is 0 Å². The Bertz CT molecular complexity index is 381. The van der Waals surface area contributed by atoms with Crippen molar-refractivity contribution in [1.29, 1.82) is 0 Å². The average molecular weight is 246 g/mol. The first-order valence-electron chi connectivity index (χ1n) is 7.44. The van der Waals surface area contributed by atoms with E-state index in [0.29, 0.717) is 0 Å². The quantitative estimate of drug-likeness (QED) is 0.690. The van der Waals surface area contributed by atoms with Gasteiger partial charge in [0, 0.05) is 11.0 Å². The van der Waals surface area contributed by atoms with E-state index in [4.69, 9.17) is 4.74 Å². The summed E-state index contributed by atoms with van der Waals surface area (Å²) in [6.45, 7) is 7.82. The van der Waals surface area contributed by atoms with Gasteiger partial charge in [-0.05, 0) is 31.2 Å². The van der Waals surface area contributed by atoms with Crippen LogP contribution in [0.1, 0.15) is 58.4 Å². The molecule has 0 N–H and O–H groups in total. The van der Waals surface area contributed by atoms with E-state index in [-0.39, 0.29) is 5.41 Å². The van der Waals surface area contributed by atoms with Gasteiger partial charge in [-0.2, -0.15) is 0 Å². The molecule has 1 nitrogen and oxygen atoms in total. The average Bonchev–Trinajstić information content (AvgIpc) is 2.76. The summed E-state index contributed by atoms with van der Waals surface area (Å²) in [6, 6.07) is 8.63. The van der Waals surface area contributed by atoms with Crippen LogP contribution in [-0.4, -0.2) is 6.61 Å². The summed E-state index contributed by atoms with van der Waals surface area (Å²) in [6.07, 6.45) is 6.35. The third-order valence-electron chi connectivity index (χ3n) is 4.50. The number of hydrogen-bond donors (Lipinski definition) is 0. The molecule has 1 aromatic carbocycles. The molecule has 0 bridgehead atoms. The second-order valence-corrected chi connectivity index (χ2v) is 5.87. The fourth-order valence-electron chi connectivity index (χ4n) is 3.07. The van der Waals surface area contributed by atoms with Gasteiger partial charge in [0.1, 0.15) is 5.75 Å². The van der Waals surface area contributed by atoms with Gasteiger partial charge >= 0.3 is 0 Å². The Morgan fingerprint density at radius 2 is 2.00 bits per heavy atom. The molecule has 2 atom stereocenters. The maximum Gasteiger partial charge on any atom is 0.123 e. The zero-order valence-corrected chi connectivity index (χ0v) is 12.0. The van der Waals surface area contributed by atoms with Crippen molar-refractivity contribution in [3.05, 3.63) is 29.8 Å². The number of rotatable bonds is 6. The van der Waals surface area contributed by atoms with Crippen molar-refractivity contribution in [3.8, 4) is 5.75 Å². The molecule has 0 amide bonds. The molecular weight excluding hydrogens is 220 g/mol. The van der Waals surface area contributed by atoms with Gasteiger partial charge in [0.2, 0.25) is 0 Å². The van der Waals surface area contributed by atoms with Gasteiger partial charge in [-0.3, -0.25) is 0 Å². The van der Waals surface area contributed by atoms with E-state index in [1.165, 1.54) is 37.7 Å². The second-order valence-electron chi connectivity index (χ2n) is 5.87. The van der Waals surface area contributed by atoms with Gasteiger partial charge in [0.25, 0.3) is 0 Å². The van der Waals surface area contributed by atoms with Crippen LogP contribution in [0.5, 0.6) is 5.75 Å². The van der Waals surface area contributed by atoms with Crippen LogP contribution in [0.4, 0.5) is 0 Å². The predicted molar refractivity (Wildman–Crippen MR) is 77.2 cm³/mol. The number of fused-ring (bicyclic) bond motifs is 1. The lowest BCUT2D eigenvalue weighted by Gasteiger charge is -2.29. The molecule has 0 saturated heterocycles. The Kier molecular flexibility index (Phi) is 4.31. The van der Waals surface area contributed by atoms with E-state index < -0.39 is 0 Å². The van der Waals surface area contributed by atoms with Gasteiger partial charge < -0.3 is 4.74 Å². The molecule has 1 aliphatic rings. The molecule has 0 saturated carbocycles. The van der Waals surface area contributed by atoms with E-state index in [1.54, 1.807) is 0 Å². The predicted octanol–water partition coefficient (Wildman–Crippen LogP) is 4.94. The van der Waals surface area contributed by atoms with Crippen molar-refractivity contribution >= 4 is 0 Å². The smallest absolute Gasteiger partial charge is 0.123 e. The third kappa shape index (κ3) is 2.55. The van der Waals surface area contributed by atoms with Crippen LogP contribution in [-0.2, 0) is 5.41 Å². The molecule has 0 spiro atoms. The minimum atomic E-state index is 0.286. The van der Waals surface area contributed by atoms with Gasteiger partial charge in [0.15, 0.2) is 0 Å². The van der Waals surface area contributed by atoms with Crippen molar-refractivity contribution in [1.82, 2.24) is 0 Å². The molecule has 100 valence electrons. The molecule has 0 radical (unpaired) electrons. The van der Waals surface area contributed by atoms with E-state index in [9.17, 15) is 0 Å². The molecule has 1 heterocycles. The van der Waals surface area contributed by atoms with Gasteiger partial charge in [-0.1, -0.05) is 51.8 Å². The van der Waals surface area contributed by atoms with Crippen molar-refractivity contribution in [2.45, 2.75) is 58.3 Å². The molecule has 18 heavy (non-hydrogen) atoms. The summed E-state index contributed by atoms with van der Waals surface area (Å²) in [5.74, 6) is 1.95. The van der Waals surface area contributed by atoms with Crippen LogP contribution >= 0.6 is 0 Å². The minimum Gasteiger partial charge on any atom is -0.492 e. The largest absolute Gasteiger partial charge is 0.492 e. The highest BCUT2D eigenvalue weighted by molar-refractivity contribution is 5.43. The summed E-state index contributed by atoms with van der Waals surface area (Å²) >= 11 is 0. The van der Waals surface area contributed by atoms with Crippen LogP contribution in [0.25, 0.3) is 0 Å². The lowest BCUT2D eigenvalue weighted by atomic mass is 9.73. The lowest BCUT2D eigenvalue weighted by Crippen LogP contribution is -2.28. The summed E-state index contributed by atoms with van der Waals surface area (Å²) in [5.41, 5.74) is 1.74. The Balaban J connectivity index is 2.18. The first-order chi connectivity index (χ1) is 8.72. The van der Waals surface area contributed by atoms with E-state index in [2.05, 4.69) is 45.0 Å². The van der Waals surface area contributed by atoms with Gasteiger partial charge in [0.05, 0.1) is 6.61 Å². The standard InChI is InChI=1S/C17H26O/c1-4-11-17(12-10-14(3)5-2)13-18-16-9-7-6-8-15(16)17/h6-9,14H,4-5,10-13H2,1-3H3. The lowest BCUT2D eigenvalue weighted by molar-refractivity contribution is 0.228. The Morgan fingerprint density at radius 3 is 2.72 bits per heavy atom. The van der Waals surface area contributed by atoms with Crippen molar-refractivity contribution in [2.24, 2.45) is 5.92 Å². The maximum atomic E-state index is 5.93. The third-order valence-corrected chi connectivity index (χ3v) is 4.50. The van der Waals surface area contributed by atoms with E-state index in [1.807, 2.05) is 0 Å². The molecule has 1 heteroatoms. The SMILES string of the molecule is CCCC1(CCC(C)CC)COc2ccccc21. The number of benzene rings is 1. The molecule has 1 aliphatic heterocycles. The normalized spacial score (nSPS) is 23.5. The van der Waals surface area contributed by atoms with Crippen molar-refractivity contribution < 1.29 is 4.74 Å². The topological polar surface area (TPSA) is 9.23 Å². The molecule has 1 aromatic rings. The summed E-state index contributed by atoms with van der Waals surface area (Å²) in [4.78, 5) is 0. The van der Waals surface area contributed by atoms with Crippen molar-refractivity contribution in [2.75, 3.05) is 6.61 Å². The molecule has 0 aliphatic carbocycles. The first-order valence-corrected chi connectivity index (χ1v) is 7.44. The molecule has 2 unspecified atom stereocenters. The van der Waals surface area contributed by atoms with E-state index in [0.717, 1.165) is 18.3 Å². The Hall–Kier alpha value is -0.980. The highest BCUT2D eigenvalue weighted by Gasteiger charge is 2.39. The summed E-state index contributed by atoms with van der Waals surface area (Å²) in [5, 5.41) is 0. The highest BCUT2D eigenvalue weighted by Crippen LogP contribution is 2.45. The number of para-hydroxylation sites is 1. The maximum absolute atomic E-state index is 5.93. The Morgan fingerprint density at radius 1 is 1.22 bits per heavy atom.